The van der Waals surface area contributed by atoms with E-state index >= 15 is 0 Å². The van der Waals surface area contributed by atoms with E-state index in [1.165, 1.54) is 0 Å². The maximum absolute atomic E-state index is 7.74. The standard InChI is InChI=1S/B2H4O5.Ba.Mg.4H/c3-1(4)7-2(5)6;;;;;;/h3-6H;;;;;;/q;2*+2;4*-1. The van der Waals surface area contributed by atoms with E-state index in [0.29, 0.717) is 0 Å². The molecule has 4 N–H and O–H groups in total. The fourth-order valence-electron chi connectivity index (χ4n) is 0.109. The molecular formula is H8B2BaMgO5. The topological polar surface area (TPSA) is 90.2 Å². The molecule has 0 fully saturated rings. The molecule has 0 aliphatic rings. The molecule has 0 amide bonds. The van der Waals surface area contributed by atoms with Crippen molar-refractivity contribution < 1.29 is 30.4 Å². The molecule has 0 spiro atoms. The fraction of sp³-hybridized carbons (Fsp3) is 0. The van der Waals surface area contributed by atoms with Crippen molar-refractivity contribution in [3.63, 3.8) is 0 Å². The van der Waals surface area contributed by atoms with Gasteiger partial charge in [-0.1, -0.05) is 0 Å². The molecule has 0 aliphatic carbocycles. The van der Waals surface area contributed by atoms with Gasteiger partial charge in [0.15, 0.2) is 0 Å². The molecule has 9 heavy (non-hydrogen) atoms. The van der Waals surface area contributed by atoms with Gasteiger partial charge in [-0.05, 0) is 0 Å². The maximum atomic E-state index is 7.74. The minimum absolute atomic E-state index is 0. The average molecular weight is 271 g/mol. The molecule has 0 radical (unpaired) electrons. The summed E-state index contributed by atoms with van der Waals surface area (Å²) in [7, 11) is -4.25. The van der Waals surface area contributed by atoms with Crippen molar-refractivity contribution in [3.05, 3.63) is 0 Å². The molecule has 0 aromatic carbocycles. The van der Waals surface area contributed by atoms with Gasteiger partial charge in [-0.3, -0.25) is 0 Å². The van der Waals surface area contributed by atoms with Crippen LogP contribution in [0.1, 0.15) is 5.71 Å². The monoisotopic (exact) mass is 272 g/mol. The Labute approximate surface area is 115 Å². The van der Waals surface area contributed by atoms with Crippen LogP contribution in [0.4, 0.5) is 0 Å². The van der Waals surface area contributed by atoms with E-state index in [1.54, 1.807) is 0 Å². The molecule has 0 heterocycles. The van der Waals surface area contributed by atoms with Crippen LogP contribution in [-0.4, -0.2) is 107 Å². The zero-order valence-electron chi connectivity index (χ0n) is 8.77. The number of hydrogen-bond acceptors (Lipinski definition) is 5. The molecule has 0 aromatic rings. The van der Waals surface area contributed by atoms with Gasteiger partial charge in [0.05, 0.1) is 0 Å². The summed E-state index contributed by atoms with van der Waals surface area (Å²) < 4.78 is 3.47. The van der Waals surface area contributed by atoms with Crippen molar-refractivity contribution in [1.29, 1.82) is 0 Å². The summed E-state index contributed by atoms with van der Waals surface area (Å²) in [5.41, 5.74) is 0. The summed E-state index contributed by atoms with van der Waals surface area (Å²) in [4.78, 5) is 0. The first kappa shape index (κ1) is 17.4. The molecule has 0 bridgehead atoms. The zero-order chi connectivity index (χ0) is 5.86. The van der Waals surface area contributed by atoms with Gasteiger partial charge < -0.3 is 30.4 Å². The second-order valence-electron chi connectivity index (χ2n) is 0.789. The summed E-state index contributed by atoms with van der Waals surface area (Å²) in [5, 5.41) is 30.9. The first-order valence-corrected chi connectivity index (χ1v) is 1.50. The van der Waals surface area contributed by atoms with Crippen molar-refractivity contribution in [2.45, 2.75) is 0 Å². The third kappa shape index (κ3) is 17.9. The van der Waals surface area contributed by atoms with Crippen LogP contribution in [0.15, 0.2) is 0 Å². The van der Waals surface area contributed by atoms with Gasteiger partial charge in [0.25, 0.3) is 0 Å². The van der Waals surface area contributed by atoms with Crippen LogP contribution in [0, 0.1) is 0 Å². The number of hydrogen-bond donors (Lipinski definition) is 4. The van der Waals surface area contributed by atoms with Crippen molar-refractivity contribution in [2.75, 3.05) is 0 Å². The van der Waals surface area contributed by atoms with E-state index in [0.717, 1.165) is 0 Å². The summed E-state index contributed by atoms with van der Waals surface area (Å²) in [6.45, 7) is 0. The van der Waals surface area contributed by atoms with Crippen LogP contribution in [-0.2, 0) is 4.57 Å². The van der Waals surface area contributed by atoms with Gasteiger partial charge >= 0.3 is 86.6 Å². The van der Waals surface area contributed by atoms with E-state index in [9.17, 15) is 0 Å². The molecule has 0 rings (SSSR count). The van der Waals surface area contributed by atoms with E-state index in [-0.39, 0.29) is 77.6 Å². The molecule has 0 aliphatic heterocycles. The fourth-order valence-corrected chi connectivity index (χ4v) is 0.109. The van der Waals surface area contributed by atoms with Crippen LogP contribution in [0.2, 0.25) is 0 Å². The third-order valence-electron chi connectivity index (χ3n) is 0.243. The quantitative estimate of drug-likeness (QED) is 0.394. The zero-order valence-corrected chi connectivity index (χ0v) is 10.6. The summed E-state index contributed by atoms with van der Waals surface area (Å²) in [5.74, 6) is 0. The second-order valence-corrected chi connectivity index (χ2v) is 0.789. The minimum atomic E-state index is -2.13. The van der Waals surface area contributed by atoms with Crippen molar-refractivity contribution in [2.24, 2.45) is 0 Å². The molecule has 5 nitrogen and oxygen atoms in total. The van der Waals surface area contributed by atoms with E-state index in [2.05, 4.69) is 4.57 Å². The molecular weight excluding hydrogens is 263 g/mol. The third-order valence-corrected chi connectivity index (χ3v) is 0.243. The van der Waals surface area contributed by atoms with Gasteiger partial charge in [0, 0.05) is 0 Å². The number of rotatable bonds is 2. The Hall–Kier alpha value is 2.27. The molecule has 0 saturated heterocycles. The Morgan fingerprint density at radius 2 is 1.22 bits per heavy atom. The first-order chi connectivity index (χ1) is 3.13. The summed E-state index contributed by atoms with van der Waals surface area (Å²) in [6, 6.07) is 0. The van der Waals surface area contributed by atoms with Gasteiger partial charge in [-0.15, -0.1) is 0 Å². The molecule has 48 valence electrons. The van der Waals surface area contributed by atoms with Gasteiger partial charge in [0.1, 0.15) is 0 Å². The Morgan fingerprint density at radius 3 is 1.22 bits per heavy atom. The maximum Gasteiger partial charge on any atom is 2.00 e. The molecule has 0 saturated carbocycles. The molecule has 0 atom stereocenters. The predicted octanol–water partition coefficient (Wildman–Crippen LogP) is -3.37. The minimum Gasteiger partial charge on any atom is -1.00 e. The van der Waals surface area contributed by atoms with E-state index < -0.39 is 14.6 Å². The normalized spacial score (nSPS) is 6.67. The van der Waals surface area contributed by atoms with Gasteiger partial charge in [0.2, 0.25) is 0 Å². The van der Waals surface area contributed by atoms with E-state index in [1.807, 2.05) is 0 Å². The van der Waals surface area contributed by atoms with Crippen LogP contribution < -0.4 is 0 Å². The Morgan fingerprint density at radius 1 is 1.00 bits per heavy atom. The Kier molecular flexibility index (Phi) is 19.8. The van der Waals surface area contributed by atoms with E-state index in [4.69, 9.17) is 20.1 Å². The van der Waals surface area contributed by atoms with Gasteiger partial charge in [-0.25, -0.2) is 0 Å². The second kappa shape index (κ2) is 10.3. The predicted molar refractivity (Wildman–Crippen MR) is 37.4 cm³/mol. The Bertz CT molecular complexity index is 55.8. The Balaban J connectivity index is -0.0000000120. The van der Waals surface area contributed by atoms with Crippen LogP contribution in [0.5, 0.6) is 0 Å². The molecule has 0 unspecified atom stereocenters. The van der Waals surface area contributed by atoms with Crippen LogP contribution in [0.25, 0.3) is 0 Å². The smallest absolute Gasteiger partial charge is 1.00 e. The van der Waals surface area contributed by atoms with Gasteiger partial charge in [-0.2, -0.15) is 0 Å². The SMILES string of the molecule is OB(O)OB(O)O.[Ba+2].[H-].[H-].[H-].[H-].[Mg+2]. The van der Waals surface area contributed by atoms with Crippen molar-refractivity contribution >= 4 is 86.6 Å². The molecule has 0 aromatic heterocycles. The first-order valence-electron chi connectivity index (χ1n) is 1.50. The van der Waals surface area contributed by atoms with Crippen molar-refractivity contribution in [1.82, 2.24) is 0 Å². The summed E-state index contributed by atoms with van der Waals surface area (Å²) >= 11 is 0. The summed E-state index contributed by atoms with van der Waals surface area (Å²) in [6.07, 6.45) is 0. The van der Waals surface area contributed by atoms with Crippen molar-refractivity contribution in [3.8, 4) is 0 Å². The van der Waals surface area contributed by atoms with Crippen LogP contribution in [0.3, 0.4) is 0 Å². The largest absolute Gasteiger partial charge is 2.00 e. The average Bonchev–Trinajstić information content (AvgIpc) is 1.27. The van der Waals surface area contributed by atoms with Crippen LogP contribution >= 0.6 is 0 Å². The molecule has 9 heteroatoms.